The van der Waals surface area contributed by atoms with Crippen molar-refractivity contribution in [2.45, 2.75) is 18.8 Å². The number of nitrogens with zero attached hydrogens (tertiary/aromatic N) is 4. The third-order valence-corrected chi connectivity index (χ3v) is 4.44. The van der Waals surface area contributed by atoms with Crippen molar-refractivity contribution in [1.29, 1.82) is 0 Å². The number of benzene rings is 1. The molecule has 1 aromatic carbocycles. The van der Waals surface area contributed by atoms with E-state index in [1.807, 2.05) is 0 Å². The number of alkyl halides is 3. The van der Waals surface area contributed by atoms with Gasteiger partial charge in [-0.2, -0.15) is 13.2 Å². The minimum Gasteiger partial charge on any atom is -0.484 e. The first-order valence-corrected chi connectivity index (χ1v) is 8.99. The number of rotatable bonds is 6. The van der Waals surface area contributed by atoms with Gasteiger partial charge in [-0.05, 0) is 30.3 Å². The van der Waals surface area contributed by atoms with Crippen LogP contribution in [0.3, 0.4) is 0 Å². The van der Waals surface area contributed by atoms with E-state index in [9.17, 15) is 13.2 Å². The van der Waals surface area contributed by atoms with E-state index in [2.05, 4.69) is 20.6 Å². The Balaban J connectivity index is 1.41. The molecule has 152 valence electrons. The van der Waals surface area contributed by atoms with Gasteiger partial charge in [-0.15, -0.1) is 5.10 Å². The van der Waals surface area contributed by atoms with E-state index in [4.69, 9.17) is 21.1 Å². The molecule has 0 bridgehead atoms. The molecule has 11 heteroatoms. The molecule has 3 heterocycles. The number of halogens is 4. The van der Waals surface area contributed by atoms with Crippen molar-refractivity contribution in [3.05, 3.63) is 59.1 Å². The number of hydrogen-bond acceptors (Lipinski definition) is 6. The smallest absolute Gasteiger partial charge is 0.433 e. The number of ether oxygens (including phenoxy) is 2. The van der Waals surface area contributed by atoms with Gasteiger partial charge in [-0.3, -0.25) is 4.98 Å². The highest BCUT2D eigenvalue weighted by molar-refractivity contribution is 6.32. The predicted molar refractivity (Wildman–Crippen MR) is 98.2 cm³/mol. The van der Waals surface area contributed by atoms with E-state index in [0.717, 1.165) is 12.3 Å². The minimum absolute atomic E-state index is 0.00782. The Morgan fingerprint density at radius 1 is 1.24 bits per heavy atom. The highest BCUT2D eigenvalue weighted by Gasteiger charge is 2.32. The van der Waals surface area contributed by atoms with Gasteiger partial charge in [-0.25, -0.2) is 4.68 Å². The van der Waals surface area contributed by atoms with Gasteiger partial charge in [0.1, 0.15) is 23.2 Å². The molecule has 0 atom stereocenters. The van der Waals surface area contributed by atoms with Crippen molar-refractivity contribution in [2.75, 3.05) is 18.5 Å². The maximum atomic E-state index is 12.7. The van der Waals surface area contributed by atoms with Gasteiger partial charge in [0.25, 0.3) is 0 Å². The lowest BCUT2D eigenvalue weighted by Gasteiger charge is -2.27. The van der Waals surface area contributed by atoms with Gasteiger partial charge in [0.05, 0.1) is 36.7 Å². The molecule has 0 radical (unpaired) electrons. The van der Waals surface area contributed by atoms with Crippen molar-refractivity contribution in [1.82, 2.24) is 20.0 Å². The Morgan fingerprint density at radius 3 is 2.76 bits per heavy atom. The normalized spacial score (nSPS) is 14.5. The summed E-state index contributed by atoms with van der Waals surface area (Å²) >= 11 is 6.27. The zero-order valence-electron chi connectivity index (χ0n) is 14.9. The van der Waals surface area contributed by atoms with E-state index in [-0.39, 0.29) is 18.3 Å². The topological polar surface area (TPSA) is 74.1 Å². The van der Waals surface area contributed by atoms with Crippen molar-refractivity contribution >= 4 is 17.3 Å². The third-order valence-electron chi connectivity index (χ3n) is 4.15. The lowest BCUT2D eigenvalue weighted by molar-refractivity contribution is -0.141. The van der Waals surface area contributed by atoms with Gasteiger partial charge in [0.2, 0.25) is 0 Å². The van der Waals surface area contributed by atoms with Crippen molar-refractivity contribution in [3.63, 3.8) is 0 Å². The summed E-state index contributed by atoms with van der Waals surface area (Å²) in [5.74, 6) is 0.559. The van der Waals surface area contributed by atoms with Crippen molar-refractivity contribution in [2.24, 2.45) is 0 Å². The summed E-state index contributed by atoms with van der Waals surface area (Å²) in [6, 6.07) is 7.61. The fourth-order valence-corrected chi connectivity index (χ4v) is 2.80. The summed E-state index contributed by atoms with van der Waals surface area (Å²) < 4.78 is 50.5. The first-order chi connectivity index (χ1) is 13.9. The maximum Gasteiger partial charge on any atom is 0.433 e. The molecule has 0 unspecified atom stereocenters. The van der Waals surface area contributed by atoms with Crippen LogP contribution in [-0.4, -0.2) is 39.3 Å². The predicted octanol–water partition coefficient (Wildman–Crippen LogP) is 3.72. The number of nitrogens with one attached hydrogen (secondary N) is 1. The Labute approximate surface area is 168 Å². The quantitative estimate of drug-likeness (QED) is 0.648. The summed E-state index contributed by atoms with van der Waals surface area (Å²) in [4.78, 5) is 3.32. The van der Waals surface area contributed by atoms with Gasteiger partial charge in [0.15, 0.2) is 0 Å². The SMILES string of the molecule is FC(F)(F)c1cc(NCc2cn(-c3ccc(OC4COC4)c(Cl)c3)nn2)ccn1. The van der Waals surface area contributed by atoms with Gasteiger partial charge in [-0.1, -0.05) is 16.8 Å². The largest absolute Gasteiger partial charge is 0.484 e. The average Bonchev–Trinajstić information content (AvgIpc) is 3.12. The molecule has 0 spiro atoms. The molecule has 1 saturated heterocycles. The first kappa shape index (κ1) is 19.5. The number of pyridine rings is 1. The van der Waals surface area contributed by atoms with Gasteiger partial charge in [0, 0.05) is 11.9 Å². The van der Waals surface area contributed by atoms with Crippen LogP contribution in [0.1, 0.15) is 11.4 Å². The van der Waals surface area contributed by atoms with Crippen LogP contribution in [0, 0.1) is 0 Å². The Morgan fingerprint density at radius 2 is 2.07 bits per heavy atom. The highest BCUT2D eigenvalue weighted by atomic mass is 35.5. The summed E-state index contributed by atoms with van der Waals surface area (Å²) in [6.45, 7) is 1.27. The highest BCUT2D eigenvalue weighted by Crippen LogP contribution is 2.30. The minimum atomic E-state index is -4.50. The number of hydrogen-bond donors (Lipinski definition) is 1. The molecular formula is C18H15ClF3N5O2. The second-order valence-electron chi connectivity index (χ2n) is 6.33. The van der Waals surface area contributed by atoms with Crippen LogP contribution >= 0.6 is 11.6 Å². The Hall–Kier alpha value is -2.85. The average molecular weight is 426 g/mol. The first-order valence-electron chi connectivity index (χ1n) is 8.61. The van der Waals surface area contributed by atoms with Gasteiger partial charge < -0.3 is 14.8 Å². The molecule has 1 fully saturated rings. The molecule has 1 aliphatic heterocycles. The molecule has 7 nitrogen and oxygen atoms in total. The molecule has 29 heavy (non-hydrogen) atoms. The maximum absolute atomic E-state index is 12.7. The fraction of sp³-hybridized carbons (Fsp3) is 0.278. The lowest BCUT2D eigenvalue weighted by atomic mass is 10.2. The zero-order chi connectivity index (χ0) is 20.4. The summed E-state index contributed by atoms with van der Waals surface area (Å²) in [5.41, 5.74) is 0.538. The standard InChI is InChI=1S/C18H15ClF3N5O2/c19-15-6-13(1-2-16(15)29-14-9-28-10-14)27-8-12(25-26-27)7-24-11-3-4-23-17(5-11)18(20,21)22/h1-6,8,14H,7,9-10H2,(H,23,24). The van der Waals surface area contributed by atoms with Crippen LogP contribution in [0.5, 0.6) is 5.75 Å². The van der Waals surface area contributed by atoms with Gasteiger partial charge >= 0.3 is 6.18 Å². The zero-order valence-corrected chi connectivity index (χ0v) is 15.6. The molecular weight excluding hydrogens is 411 g/mol. The summed E-state index contributed by atoms with van der Waals surface area (Å²) in [7, 11) is 0. The third kappa shape index (κ3) is 4.60. The number of aromatic nitrogens is 4. The van der Waals surface area contributed by atoms with E-state index in [0.29, 0.717) is 35.4 Å². The molecule has 0 saturated carbocycles. The van der Waals surface area contributed by atoms with Crippen LogP contribution in [0.25, 0.3) is 5.69 Å². The molecule has 1 aliphatic rings. The van der Waals surface area contributed by atoms with Crippen LogP contribution in [-0.2, 0) is 17.5 Å². The molecule has 1 N–H and O–H groups in total. The van der Waals surface area contributed by atoms with Crippen LogP contribution < -0.4 is 10.1 Å². The van der Waals surface area contributed by atoms with Crippen molar-refractivity contribution in [3.8, 4) is 11.4 Å². The monoisotopic (exact) mass is 425 g/mol. The summed E-state index contributed by atoms with van der Waals surface area (Å²) in [5, 5.41) is 11.4. The second-order valence-corrected chi connectivity index (χ2v) is 6.73. The molecule has 2 aromatic heterocycles. The van der Waals surface area contributed by atoms with E-state index < -0.39 is 11.9 Å². The lowest BCUT2D eigenvalue weighted by Crippen LogP contribution is -2.38. The van der Waals surface area contributed by atoms with Crippen LogP contribution in [0.15, 0.2) is 42.7 Å². The van der Waals surface area contributed by atoms with Crippen LogP contribution in [0.2, 0.25) is 5.02 Å². The second kappa shape index (κ2) is 7.88. The molecule has 4 rings (SSSR count). The van der Waals surface area contributed by atoms with E-state index in [1.54, 1.807) is 24.4 Å². The molecule has 0 amide bonds. The molecule has 0 aliphatic carbocycles. The number of anilines is 1. The van der Waals surface area contributed by atoms with Crippen LogP contribution in [0.4, 0.5) is 18.9 Å². The fourth-order valence-electron chi connectivity index (χ4n) is 2.58. The van der Waals surface area contributed by atoms with E-state index in [1.165, 1.54) is 10.7 Å². The van der Waals surface area contributed by atoms with E-state index >= 15 is 0 Å². The Bertz CT molecular complexity index is 1010. The van der Waals surface area contributed by atoms with Crippen molar-refractivity contribution < 1.29 is 22.6 Å². The Kier molecular flexibility index (Phi) is 5.29. The molecule has 3 aromatic rings. The summed E-state index contributed by atoms with van der Waals surface area (Å²) in [6.07, 6.45) is -1.73.